The van der Waals surface area contributed by atoms with Crippen LogP contribution in [0, 0.1) is 5.82 Å². The maximum atomic E-state index is 13.8. The van der Waals surface area contributed by atoms with Crippen LogP contribution in [0.3, 0.4) is 0 Å². The van der Waals surface area contributed by atoms with Crippen LogP contribution in [0.4, 0.5) is 4.39 Å². The molecule has 4 heteroatoms. The van der Waals surface area contributed by atoms with E-state index in [1.165, 1.54) is 18.9 Å². The first-order chi connectivity index (χ1) is 8.69. The second-order valence-electron chi connectivity index (χ2n) is 4.78. The highest BCUT2D eigenvalue weighted by molar-refractivity contribution is 9.10. The minimum absolute atomic E-state index is 0.299. The summed E-state index contributed by atoms with van der Waals surface area (Å²) in [5, 5.41) is 4.30. The van der Waals surface area contributed by atoms with Crippen LogP contribution in [0.25, 0.3) is 11.0 Å². The number of aryl methyl sites for hydroxylation is 1. The lowest BCUT2D eigenvalue weighted by Crippen LogP contribution is -2.15. The summed E-state index contributed by atoms with van der Waals surface area (Å²) in [5.41, 5.74) is 1.49. The van der Waals surface area contributed by atoms with E-state index in [0.717, 1.165) is 27.6 Å². The van der Waals surface area contributed by atoms with Gasteiger partial charge in [-0.25, -0.2) is 4.39 Å². The molecule has 1 fully saturated rings. The number of furan rings is 1. The Morgan fingerprint density at radius 2 is 2.22 bits per heavy atom. The maximum Gasteiger partial charge on any atom is 0.170 e. The van der Waals surface area contributed by atoms with Crippen LogP contribution in [0.2, 0.25) is 0 Å². The SMILES string of the molecule is CCc1c(CNC2CC2)oc2c(F)cc(Br)cc12. The van der Waals surface area contributed by atoms with Gasteiger partial charge in [0, 0.05) is 21.5 Å². The highest BCUT2D eigenvalue weighted by Gasteiger charge is 2.22. The Balaban J connectivity index is 2.04. The van der Waals surface area contributed by atoms with Crippen LogP contribution in [0.5, 0.6) is 0 Å². The van der Waals surface area contributed by atoms with E-state index in [9.17, 15) is 4.39 Å². The van der Waals surface area contributed by atoms with Gasteiger partial charge in [-0.1, -0.05) is 22.9 Å². The Morgan fingerprint density at radius 1 is 1.44 bits per heavy atom. The van der Waals surface area contributed by atoms with Gasteiger partial charge in [0.05, 0.1) is 6.54 Å². The van der Waals surface area contributed by atoms with Crippen molar-refractivity contribution in [2.45, 2.75) is 38.8 Å². The molecule has 2 nitrogen and oxygen atoms in total. The molecule has 1 N–H and O–H groups in total. The average molecular weight is 312 g/mol. The van der Waals surface area contributed by atoms with Crippen molar-refractivity contribution in [1.82, 2.24) is 5.32 Å². The number of fused-ring (bicyclic) bond motifs is 1. The van der Waals surface area contributed by atoms with E-state index in [0.29, 0.717) is 18.2 Å². The number of rotatable bonds is 4. The van der Waals surface area contributed by atoms with Crippen molar-refractivity contribution in [2.24, 2.45) is 0 Å². The van der Waals surface area contributed by atoms with Gasteiger partial charge < -0.3 is 9.73 Å². The lowest BCUT2D eigenvalue weighted by Gasteiger charge is -2.01. The van der Waals surface area contributed by atoms with Crippen molar-refractivity contribution >= 4 is 26.9 Å². The molecule has 0 amide bonds. The van der Waals surface area contributed by atoms with Gasteiger partial charge in [-0.3, -0.25) is 0 Å². The Labute approximate surface area is 114 Å². The molecule has 0 saturated heterocycles. The summed E-state index contributed by atoms with van der Waals surface area (Å²) >= 11 is 3.33. The molecule has 1 aliphatic carbocycles. The van der Waals surface area contributed by atoms with E-state index in [1.54, 1.807) is 0 Å². The lowest BCUT2D eigenvalue weighted by atomic mass is 10.1. The summed E-state index contributed by atoms with van der Waals surface area (Å²) in [5.74, 6) is 0.572. The molecule has 0 radical (unpaired) electrons. The Bertz CT molecular complexity index is 589. The van der Waals surface area contributed by atoms with Crippen LogP contribution in [-0.2, 0) is 13.0 Å². The maximum absolute atomic E-state index is 13.8. The zero-order valence-corrected chi connectivity index (χ0v) is 11.8. The molecule has 1 aromatic heterocycles. The fourth-order valence-corrected chi connectivity index (χ4v) is 2.71. The summed E-state index contributed by atoms with van der Waals surface area (Å²) < 4.78 is 20.3. The summed E-state index contributed by atoms with van der Waals surface area (Å²) in [7, 11) is 0. The quantitative estimate of drug-likeness (QED) is 0.917. The molecule has 0 unspecified atom stereocenters. The summed E-state index contributed by atoms with van der Waals surface area (Å²) in [6.07, 6.45) is 3.33. The number of hydrogen-bond donors (Lipinski definition) is 1. The fraction of sp³-hybridized carbons (Fsp3) is 0.429. The Kier molecular flexibility index (Phi) is 3.16. The second-order valence-corrected chi connectivity index (χ2v) is 5.69. The first-order valence-corrected chi connectivity index (χ1v) is 7.11. The van der Waals surface area contributed by atoms with Crippen molar-refractivity contribution in [1.29, 1.82) is 0 Å². The molecular weight excluding hydrogens is 297 g/mol. The molecule has 3 rings (SSSR count). The molecule has 0 spiro atoms. The number of nitrogens with one attached hydrogen (secondary N) is 1. The van der Waals surface area contributed by atoms with Gasteiger partial charge in [0.15, 0.2) is 11.4 Å². The molecule has 1 aliphatic rings. The minimum atomic E-state index is -0.299. The molecule has 2 aromatic rings. The van der Waals surface area contributed by atoms with Crippen molar-refractivity contribution in [3.05, 3.63) is 33.7 Å². The van der Waals surface area contributed by atoms with E-state index < -0.39 is 0 Å². The summed E-state index contributed by atoms with van der Waals surface area (Å²) in [6, 6.07) is 4.00. The average Bonchev–Trinajstić information content (AvgIpc) is 3.08. The highest BCUT2D eigenvalue weighted by atomic mass is 79.9. The van der Waals surface area contributed by atoms with Crippen LogP contribution < -0.4 is 5.32 Å². The minimum Gasteiger partial charge on any atom is -0.456 e. The first-order valence-electron chi connectivity index (χ1n) is 6.31. The lowest BCUT2D eigenvalue weighted by molar-refractivity contribution is 0.489. The first kappa shape index (κ1) is 12.2. The molecule has 18 heavy (non-hydrogen) atoms. The van der Waals surface area contributed by atoms with Crippen LogP contribution in [-0.4, -0.2) is 6.04 Å². The van der Waals surface area contributed by atoms with Crippen molar-refractivity contribution < 1.29 is 8.81 Å². The molecule has 96 valence electrons. The molecule has 1 heterocycles. The summed E-state index contributed by atoms with van der Waals surface area (Å²) in [6.45, 7) is 2.77. The topological polar surface area (TPSA) is 25.2 Å². The highest BCUT2D eigenvalue weighted by Crippen LogP contribution is 2.32. The standard InChI is InChI=1S/C14H15BrFNO/c1-2-10-11-5-8(15)6-12(16)14(11)18-13(10)7-17-9-3-4-9/h5-6,9,17H,2-4,7H2,1H3. The summed E-state index contributed by atoms with van der Waals surface area (Å²) in [4.78, 5) is 0. The van der Waals surface area contributed by atoms with Gasteiger partial charge in [0.1, 0.15) is 5.76 Å². The second kappa shape index (κ2) is 4.67. The van der Waals surface area contributed by atoms with Gasteiger partial charge in [-0.05, 0) is 31.4 Å². The molecule has 0 atom stereocenters. The molecule has 1 aromatic carbocycles. The molecule has 0 aliphatic heterocycles. The van der Waals surface area contributed by atoms with Gasteiger partial charge in [0.2, 0.25) is 0 Å². The van der Waals surface area contributed by atoms with E-state index in [2.05, 4.69) is 28.2 Å². The molecule has 1 saturated carbocycles. The number of halogens is 2. The number of benzene rings is 1. The largest absolute Gasteiger partial charge is 0.456 e. The zero-order chi connectivity index (χ0) is 12.7. The van der Waals surface area contributed by atoms with Crippen LogP contribution in [0.15, 0.2) is 21.0 Å². The third-order valence-corrected chi connectivity index (χ3v) is 3.84. The van der Waals surface area contributed by atoms with Crippen molar-refractivity contribution in [2.75, 3.05) is 0 Å². The third kappa shape index (κ3) is 2.19. The van der Waals surface area contributed by atoms with Gasteiger partial charge >= 0.3 is 0 Å². The van der Waals surface area contributed by atoms with Gasteiger partial charge in [-0.2, -0.15) is 0 Å². The van der Waals surface area contributed by atoms with E-state index in [4.69, 9.17) is 4.42 Å². The molecule has 0 bridgehead atoms. The van der Waals surface area contributed by atoms with Crippen molar-refractivity contribution in [3.63, 3.8) is 0 Å². The predicted molar refractivity (Wildman–Crippen MR) is 73.1 cm³/mol. The van der Waals surface area contributed by atoms with Crippen molar-refractivity contribution in [3.8, 4) is 0 Å². The van der Waals surface area contributed by atoms with E-state index in [-0.39, 0.29) is 5.82 Å². The normalized spacial score (nSPS) is 15.5. The Hall–Kier alpha value is -0.870. The van der Waals surface area contributed by atoms with Gasteiger partial charge in [-0.15, -0.1) is 0 Å². The van der Waals surface area contributed by atoms with Gasteiger partial charge in [0.25, 0.3) is 0 Å². The van der Waals surface area contributed by atoms with Crippen LogP contribution in [0.1, 0.15) is 31.1 Å². The fourth-order valence-electron chi connectivity index (χ4n) is 2.28. The zero-order valence-electron chi connectivity index (χ0n) is 10.2. The monoisotopic (exact) mass is 311 g/mol. The smallest absolute Gasteiger partial charge is 0.170 e. The number of hydrogen-bond acceptors (Lipinski definition) is 2. The van der Waals surface area contributed by atoms with E-state index in [1.807, 2.05) is 6.07 Å². The third-order valence-electron chi connectivity index (χ3n) is 3.38. The Morgan fingerprint density at radius 3 is 2.89 bits per heavy atom. The van der Waals surface area contributed by atoms with Crippen LogP contribution >= 0.6 is 15.9 Å². The molecular formula is C14H15BrFNO. The predicted octanol–water partition coefficient (Wildman–Crippen LogP) is 4.15. The van der Waals surface area contributed by atoms with E-state index >= 15 is 0 Å².